The molecule has 0 aliphatic carbocycles. The molecule has 2 aromatic carbocycles. The largest absolute Gasteiger partial charge is 0.341 e. The second-order valence-corrected chi connectivity index (χ2v) is 5.52. The molecule has 0 aliphatic rings. The smallest absolute Gasteiger partial charge is 0.154 e. The lowest BCUT2D eigenvalue weighted by molar-refractivity contribution is 0.112. The van der Waals surface area contributed by atoms with Gasteiger partial charge in [0.2, 0.25) is 0 Å². The van der Waals surface area contributed by atoms with Gasteiger partial charge in [-0.25, -0.2) is 0 Å². The summed E-state index contributed by atoms with van der Waals surface area (Å²) in [5.74, 6) is 0.725. The third kappa shape index (κ3) is 2.23. The molecule has 0 fully saturated rings. The molecule has 0 atom stereocenters. The Morgan fingerprint density at radius 3 is 2.75 bits per heavy atom. The van der Waals surface area contributed by atoms with E-state index >= 15 is 0 Å². The third-order valence-corrected chi connectivity index (χ3v) is 4.18. The number of para-hydroxylation sites is 1. The summed E-state index contributed by atoms with van der Waals surface area (Å²) in [6, 6.07) is 13.8. The molecular weight excluding hydrogens is 316 g/mol. The molecule has 0 bridgehead atoms. The Morgan fingerprint density at radius 1 is 1.20 bits per heavy atom. The van der Waals surface area contributed by atoms with Gasteiger partial charge in [0.1, 0.15) is 5.82 Å². The molecule has 0 saturated heterocycles. The predicted molar refractivity (Wildman–Crippen MR) is 85.8 cm³/mol. The van der Waals surface area contributed by atoms with E-state index in [2.05, 4.69) is 26.2 Å². The lowest BCUT2D eigenvalue weighted by Crippen LogP contribution is -1.94. The number of hydrogen-bond donors (Lipinski definition) is 2. The van der Waals surface area contributed by atoms with Crippen molar-refractivity contribution < 1.29 is 4.79 Å². The minimum Gasteiger partial charge on any atom is -0.341 e. The molecule has 100 valence electrons. The first-order valence-corrected chi connectivity index (χ1v) is 7.07. The third-order valence-electron chi connectivity index (χ3n) is 3.29. The van der Waals surface area contributed by atoms with E-state index in [1.165, 1.54) is 0 Å². The summed E-state index contributed by atoms with van der Waals surface area (Å²) in [5, 5.41) is 4.20. The fourth-order valence-corrected chi connectivity index (χ4v) is 2.50. The highest BCUT2D eigenvalue weighted by molar-refractivity contribution is 9.10. The summed E-state index contributed by atoms with van der Waals surface area (Å²) in [6.45, 7) is 2.03. The Hall–Kier alpha value is -2.07. The minimum atomic E-state index is 0.654. The van der Waals surface area contributed by atoms with Gasteiger partial charge in [0, 0.05) is 21.1 Å². The van der Waals surface area contributed by atoms with Crippen molar-refractivity contribution in [3.63, 3.8) is 0 Å². The lowest BCUT2D eigenvalue weighted by Gasteiger charge is -2.07. The number of fused-ring (bicyclic) bond motifs is 1. The zero-order valence-electron chi connectivity index (χ0n) is 10.9. The van der Waals surface area contributed by atoms with Crippen molar-refractivity contribution >= 4 is 44.6 Å². The van der Waals surface area contributed by atoms with E-state index in [0.29, 0.717) is 5.56 Å². The highest BCUT2D eigenvalue weighted by Crippen LogP contribution is 2.28. The van der Waals surface area contributed by atoms with Crippen LogP contribution in [0, 0.1) is 6.92 Å². The van der Waals surface area contributed by atoms with Crippen molar-refractivity contribution in [2.45, 2.75) is 6.92 Å². The van der Waals surface area contributed by atoms with Gasteiger partial charge in [-0.1, -0.05) is 34.1 Å². The Kier molecular flexibility index (Phi) is 3.32. The Morgan fingerprint density at radius 2 is 2.00 bits per heavy atom. The number of aryl methyl sites for hydroxylation is 1. The lowest BCUT2D eigenvalue weighted by atomic mass is 10.2. The molecule has 2 N–H and O–H groups in total. The second-order valence-electron chi connectivity index (χ2n) is 4.67. The van der Waals surface area contributed by atoms with Crippen LogP contribution in [0.3, 0.4) is 0 Å². The Labute approximate surface area is 125 Å². The number of rotatable bonds is 3. The molecule has 4 heteroatoms. The SMILES string of the molecule is Cc1cc(Nc2[nH]c3ccccc3c2C=O)ccc1Br. The van der Waals surface area contributed by atoms with E-state index in [9.17, 15) is 4.79 Å². The predicted octanol–water partition coefficient (Wildman–Crippen LogP) is 4.79. The maximum atomic E-state index is 11.3. The number of H-pyrrole nitrogens is 1. The van der Waals surface area contributed by atoms with Crippen molar-refractivity contribution in [3.05, 3.63) is 58.1 Å². The first-order chi connectivity index (χ1) is 9.69. The minimum absolute atomic E-state index is 0.654. The van der Waals surface area contributed by atoms with E-state index in [1.54, 1.807) is 0 Å². The number of aromatic amines is 1. The van der Waals surface area contributed by atoms with Crippen molar-refractivity contribution in [1.29, 1.82) is 0 Å². The molecule has 0 radical (unpaired) electrons. The molecule has 0 spiro atoms. The van der Waals surface area contributed by atoms with Crippen LogP contribution in [0.1, 0.15) is 15.9 Å². The van der Waals surface area contributed by atoms with Crippen LogP contribution in [0.25, 0.3) is 10.9 Å². The van der Waals surface area contributed by atoms with Crippen LogP contribution in [-0.2, 0) is 0 Å². The monoisotopic (exact) mass is 328 g/mol. The molecule has 0 aliphatic heterocycles. The quantitative estimate of drug-likeness (QED) is 0.678. The number of nitrogens with one attached hydrogen (secondary N) is 2. The zero-order chi connectivity index (χ0) is 14.1. The fraction of sp³-hybridized carbons (Fsp3) is 0.0625. The standard InChI is InChI=1S/C16H13BrN2O/c1-10-8-11(6-7-14(10)17)18-16-13(9-20)12-4-2-3-5-15(12)19-16/h2-9,18-19H,1H3. The zero-order valence-corrected chi connectivity index (χ0v) is 12.5. The maximum absolute atomic E-state index is 11.3. The molecule has 1 aromatic heterocycles. The molecule has 3 rings (SSSR count). The van der Waals surface area contributed by atoms with Crippen molar-refractivity contribution in [1.82, 2.24) is 4.98 Å². The van der Waals surface area contributed by atoms with Crippen LogP contribution in [0.5, 0.6) is 0 Å². The van der Waals surface area contributed by atoms with E-state index in [4.69, 9.17) is 0 Å². The van der Waals surface area contributed by atoms with Crippen LogP contribution in [0.2, 0.25) is 0 Å². The van der Waals surface area contributed by atoms with Gasteiger partial charge in [-0.3, -0.25) is 4.79 Å². The summed E-state index contributed by atoms with van der Waals surface area (Å²) in [4.78, 5) is 14.6. The highest BCUT2D eigenvalue weighted by atomic mass is 79.9. The Balaban J connectivity index is 2.05. The van der Waals surface area contributed by atoms with Gasteiger partial charge >= 0.3 is 0 Å². The van der Waals surface area contributed by atoms with Crippen LogP contribution >= 0.6 is 15.9 Å². The summed E-state index contributed by atoms with van der Waals surface area (Å²) < 4.78 is 1.07. The summed E-state index contributed by atoms with van der Waals surface area (Å²) in [7, 11) is 0. The van der Waals surface area contributed by atoms with Gasteiger partial charge in [-0.05, 0) is 36.8 Å². The second kappa shape index (κ2) is 5.13. The average molecular weight is 329 g/mol. The first-order valence-electron chi connectivity index (χ1n) is 6.28. The molecule has 0 unspecified atom stereocenters. The van der Waals surface area contributed by atoms with Crippen LogP contribution in [-0.4, -0.2) is 11.3 Å². The van der Waals surface area contributed by atoms with E-state index in [-0.39, 0.29) is 0 Å². The molecule has 0 saturated carbocycles. The molecule has 1 heterocycles. The van der Waals surface area contributed by atoms with Gasteiger partial charge in [0.05, 0.1) is 5.56 Å². The number of carbonyl (C=O) groups is 1. The van der Waals surface area contributed by atoms with Crippen LogP contribution in [0.15, 0.2) is 46.9 Å². The molecule has 3 aromatic rings. The van der Waals surface area contributed by atoms with E-state index in [0.717, 1.165) is 38.7 Å². The van der Waals surface area contributed by atoms with E-state index in [1.807, 2.05) is 49.4 Å². The average Bonchev–Trinajstić information content (AvgIpc) is 2.80. The number of anilines is 2. The summed E-state index contributed by atoms with van der Waals surface area (Å²) in [5.41, 5.74) is 3.69. The number of aldehydes is 1. The number of aromatic nitrogens is 1. The molecule has 3 nitrogen and oxygen atoms in total. The van der Waals surface area contributed by atoms with Crippen LogP contribution < -0.4 is 5.32 Å². The molecule has 0 amide bonds. The van der Waals surface area contributed by atoms with Gasteiger partial charge in [-0.15, -0.1) is 0 Å². The number of halogens is 1. The number of hydrogen-bond acceptors (Lipinski definition) is 2. The Bertz CT molecular complexity index is 792. The molecular formula is C16H13BrN2O. The van der Waals surface area contributed by atoms with Gasteiger partial charge in [-0.2, -0.15) is 0 Å². The van der Waals surface area contributed by atoms with Crippen LogP contribution in [0.4, 0.5) is 11.5 Å². The van der Waals surface area contributed by atoms with Gasteiger partial charge < -0.3 is 10.3 Å². The normalized spacial score (nSPS) is 10.7. The number of carbonyl (C=O) groups excluding carboxylic acids is 1. The van der Waals surface area contributed by atoms with E-state index < -0.39 is 0 Å². The van der Waals surface area contributed by atoms with Crippen molar-refractivity contribution in [2.24, 2.45) is 0 Å². The number of benzene rings is 2. The van der Waals surface area contributed by atoms with Crippen molar-refractivity contribution in [2.75, 3.05) is 5.32 Å². The fourth-order valence-electron chi connectivity index (χ4n) is 2.25. The summed E-state index contributed by atoms with van der Waals surface area (Å²) >= 11 is 3.48. The van der Waals surface area contributed by atoms with Crippen molar-refractivity contribution in [3.8, 4) is 0 Å². The maximum Gasteiger partial charge on any atom is 0.154 e. The summed E-state index contributed by atoms with van der Waals surface area (Å²) in [6.07, 6.45) is 0.882. The highest BCUT2D eigenvalue weighted by Gasteiger charge is 2.10. The molecule has 20 heavy (non-hydrogen) atoms. The first kappa shape index (κ1) is 12.9. The topological polar surface area (TPSA) is 44.9 Å². The van der Waals surface area contributed by atoms with Gasteiger partial charge in [0.15, 0.2) is 6.29 Å². The van der Waals surface area contributed by atoms with Gasteiger partial charge in [0.25, 0.3) is 0 Å².